The molecule has 1 unspecified atom stereocenters. The Morgan fingerprint density at radius 1 is 1.17 bits per heavy atom. The van der Waals surface area contributed by atoms with Crippen molar-refractivity contribution in [2.75, 3.05) is 24.5 Å². The molecule has 3 heterocycles. The molecule has 196 valence electrons. The molecule has 1 saturated carbocycles. The lowest BCUT2D eigenvalue weighted by atomic mass is 9.87. The Bertz CT molecular complexity index is 1050. The monoisotopic (exact) mass is 496 g/mol. The maximum absolute atomic E-state index is 13.1. The molecular formula is C28H40N4O4. The van der Waals surface area contributed by atoms with Gasteiger partial charge in [-0.2, -0.15) is 5.26 Å². The number of anilines is 1. The normalized spacial score (nSPS) is 21.4. The Balaban J connectivity index is 1.58. The molecule has 1 atom stereocenters. The molecular weight excluding hydrogens is 456 g/mol. The summed E-state index contributed by atoms with van der Waals surface area (Å²) in [6.45, 7) is 14.3. The third kappa shape index (κ3) is 5.67. The molecule has 2 fully saturated rings. The van der Waals surface area contributed by atoms with Crippen molar-refractivity contribution < 1.29 is 19.1 Å². The number of nitrogens with zero attached hydrogens (tertiary/aromatic N) is 4. The molecule has 2 aliphatic heterocycles. The van der Waals surface area contributed by atoms with Crippen molar-refractivity contribution in [3.63, 3.8) is 0 Å². The van der Waals surface area contributed by atoms with Gasteiger partial charge in [0.25, 0.3) is 0 Å². The number of fused-ring (bicyclic) bond motifs is 1. The number of ether oxygens (including phenoxy) is 2. The third-order valence-corrected chi connectivity index (χ3v) is 7.43. The fourth-order valence-electron chi connectivity index (χ4n) is 5.38. The van der Waals surface area contributed by atoms with Crippen LogP contribution < -0.4 is 4.90 Å². The van der Waals surface area contributed by atoms with Crippen LogP contribution in [0.15, 0.2) is 0 Å². The number of esters is 1. The van der Waals surface area contributed by atoms with Gasteiger partial charge in [0, 0.05) is 44.0 Å². The summed E-state index contributed by atoms with van der Waals surface area (Å²) < 4.78 is 11.3. The van der Waals surface area contributed by atoms with E-state index in [-0.39, 0.29) is 48.4 Å². The van der Waals surface area contributed by atoms with Crippen molar-refractivity contribution in [1.82, 2.24) is 9.88 Å². The van der Waals surface area contributed by atoms with Gasteiger partial charge in [0.05, 0.1) is 42.0 Å². The minimum Gasteiger partial charge on any atom is -0.463 e. The topological polar surface area (TPSA) is 95.8 Å². The number of rotatable bonds is 7. The highest BCUT2D eigenvalue weighted by molar-refractivity contribution is 5.82. The Hall–Kier alpha value is -2.66. The molecule has 8 nitrogen and oxygen atoms in total. The minimum absolute atomic E-state index is 0.0227. The first kappa shape index (κ1) is 26.4. The lowest BCUT2D eigenvalue weighted by Gasteiger charge is -2.44. The van der Waals surface area contributed by atoms with Crippen molar-refractivity contribution in [2.24, 2.45) is 5.92 Å². The lowest BCUT2D eigenvalue weighted by Crippen LogP contribution is -2.57. The van der Waals surface area contributed by atoms with E-state index in [1.54, 1.807) is 13.8 Å². The maximum atomic E-state index is 13.1. The smallest absolute Gasteiger partial charge is 0.306 e. The van der Waals surface area contributed by atoms with Gasteiger partial charge in [-0.05, 0) is 52.0 Å². The number of hydrogen-bond donors (Lipinski definition) is 0. The summed E-state index contributed by atoms with van der Waals surface area (Å²) >= 11 is 0. The summed E-state index contributed by atoms with van der Waals surface area (Å²) in [5, 5.41) is 10.3. The predicted molar refractivity (Wildman–Crippen MR) is 137 cm³/mol. The summed E-state index contributed by atoms with van der Waals surface area (Å²) in [5.74, 6) is 1.07. The number of aromatic nitrogens is 1. The van der Waals surface area contributed by atoms with Crippen molar-refractivity contribution >= 4 is 17.7 Å². The Kier molecular flexibility index (Phi) is 7.61. The fraction of sp³-hybridized carbons (Fsp3) is 0.714. The van der Waals surface area contributed by atoms with Crippen molar-refractivity contribution in [3.05, 3.63) is 22.4 Å². The molecule has 1 aliphatic carbocycles. The number of amides is 1. The van der Waals surface area contributed by atoms with E-state index in [9.17, 15) is 14.9 Å². The van der Waals surface area contributed by atoms with Crippen LogP contribution in [0.5, 0.6) is 0 Å². The largest absolute Gasteiger partial charge is 0.463 e. The number of hydrogen-bond acceptors (Lipinski definition) is 7. The van der Waals surface area contributed by atoms with E-state index < -0.39 is 0 Å². The zero-order valence-electron chi connectivity index (χ0n) is 22.6. The van der Waals surface area contributed by atoms with E-state index in [1.165, 1.54) is 0 Å². The molecule has 1 saturated heterocycles. The zero-order chi connectivity index (χ0) is 26.2. The van der Waals surface area contributed by atoms with Gasteiger partial charge < -0.3 is 19.3 Å². The Morgan fingerprint density at radius 3 is 2.50 bits per heavy atom. The molecule has 0 aromatic carbocycles. The number of pyridine rings is 1. The maximum Gasteiger partial charge on any atom is 0.306 e. The van der Waals surface area contributed by atoms with Crippen molar-refractivity contribution in [3.8, 4) is 6.07 Å². The first-order valence-electron chi connectivity index (χ1n) is 13.3. The first-order chi connectivity index (χ1) is 17.0. The molecule has 0 N–H and O–H groups in total. The number of piperazine rings is 1. The van der Waals surface area contributed by atoms with Gasteiger partial charge in [-0.3, -0.25) is 9.59 Å². The van der Waals surface area contributed by atoms with E-state index in [1.807, 2.05) is 4.90 Å². The van der Waals surface area contributed by atoms with E-state index in [2.05, 4.69) is 38.7 Å². The number of carbonyl (C=O) groups excluding carboxylic acids is 2. The van der Waals surface area contributed by atoms with Crippen LogP contribution in [0.4, 0.5) is 5.82 Å². The Morgan fingerprint density at radius 2 is 1.89 bits per heavy atom. The van der Waals surface area contributed by atoms with Crippen LogP contribution in [-0.4, -0.2) is 59.1 Å². The highest BCUT2D eigenvalue weighted by Gasteiger charge is 2.39. The van der Waals surface area contributed by atoms with Crippen LogP contribution in [0.2, 0.25) is 0 Å². The van der Waals surface area contributed by atoms with Gasteiger partial charge in [-0.15, -0.1) is 0 Å². The average Bonchev–Trinajstić information content (AvgIpc) is 3.65. The molecule has 4 rings (SSSR count). The van der Waals surface area contributed by atoms with Crippen LogP contribution >= 0.6 is 0 Å². The fourth-order valence-corrected chi connectivity index (χ4v) is 5.38. The molecule has 1 amide bonds. The molecule has 3 aliphatic rings. The molecule has 0 spiro atoms. The quantitative estimate of drug-likeness (QED) is 0.525. The van der Waals surface area contributed by atoms with Crippen LogP contribution in [0.1, 0.15) is 95.5 Å². The highest BCUT2D eigenvalue weighted by atomic mass is 16.5. The van der Waals surface area contributed by atoms with E-state index in [0.717, 1.165) is 35.5 Å². The molecule has 8 heteroatoms. The summed E-state index contributed by atoms with van der Waals surface area (Å²) in [6, 6.07) is 2.45. The van der Waals surface area contributed by atoms with Crippen LogP contribution in [0.3, 0.4) is 0 Å². The van der Waals surface area contributed by atoms with Crippen LogP contribution in [-0.2, 0) is 32.1 Å². The van der Waals surface area contributed by atoms with Crippen LogP contribution in [0, 0.1) is 17.2 Å². The van der Waals surface area contributed by atoms with Crippen molar-refractivity contribution in [1.29, 1.82) is 5.26 Å². The van der Waals surface area contributed by atoms with Gasteiger partial charge in [-0.25, -0.2) is 4.98 Å². The van der Waals surface area contributed by atoms with Crippen molar-refractivity contribution in [2.45, 2.75) is 104 Å². The second-order valence-corrected chi connectivity index (χ2v) is 11.6. The second-order valence-electron chi connectivity index (χ2n) is 11.6. The summed E-state index contributed by atoms with van der Waals surface area (Å²) in [7, 11) is 0. The summed E-state index contributed by atoms with van der Waals surface area (Å²) in [5.41, 5.74) is 3.63. The van der Waals surface area contributed by atoms with Crippen LogP contribution in [0.25, 0.3) is 0 Å². The zero-order valence-corrected chi connectivity index (χ0v) is 22.6. The Labute approximate surface area is 214 Å². The highest BCUT2D eigenvalue weighted by Crippen LogP contribution is 2.46. The predicted octanol–water partition coefficient (Wildman–Crippen LogP) is 4.09. The molecule has 0 radical (unpaired) electrons. The van der Waals surface area contributed by atoms with Gasteiger partial charge in [0.15, 0.2) is 0 Å². The molecule has 1 aromatic rings. The van der Waals surface area contributed by atoms with Gasteiger partial charge >= 0.3 is 5.97 Å². The molecule has 36 heavy (non-hydrogen) atoms. The standard InChI is InChI=1S/C28H40N4O4/c1-17(2)23-15-31(11-12-32(23)24(33)9-10-25(34)36-18(3)4)27-21(14-29)20-13-28(5,6)35-16-22(20)26(30-27)19-7-8-19/h17-19,23H,7-13,15-16H2,1-6H3. The molecule has 1 aromatic heterocycles. The van der Waals surface area contributed by atoms with Gasteiger partial charge in [0.1, 0.15) is 11.9 Å². The van der Waals surface area contributed by atoms with Gasteiger partial charge in [0.2, 0.25) is 5.91 Å². The lowest BCUT2D eigenvalue weighted by molar-refractivity contribution is -0.150. The average molecular weight is 497 g/mol. The minimum atomic E-state index is -0.338. The number of carbonyl (C=O) groups is 2. The summed E-state index contributed by atoms with van der Waals surface area (Å²) in [4.78, 5) is 34.3. The van der Waals surface area contributed by atoms with E-state index >= 15 is 0 Å². The van der Waals surface area contributed by atoms with E-state index in [4.69, 9.17) is 14.5 Å². The third-order valence-electron chi connectivity index (χ3n) is 7.43. The molecule has 0 bridgehead atoms. The van der Waals surface area contributed by atoms with Gasteiger partial charge in [-0.1, -0.05) is 13.8 Å². The first-order valence-corrected chi connectivity index (χ1v) is 13.3. The number of nitriles is 1. The van der Waals surface area contributed by atoms with E-state index in [0.29, 0.717) is 44.1 Å². The SMILES string of the molecule is CC(C)OC(=O)CCC(=O)N1CCN(c2nc(C3CC3)c3c(c2C#N)CC(C)(C)OC3)CC1C(C)C. The summed E-state index contributed by atoms with van der Waals surface area (Å²) in [6.07, 6.45) is 3.01. The second kappa shape index (κ2) is 10.4.